The zero-order chi connectivity index (χ0) is 21.0. The van der Waals surface area contributed by atoms with Gasteiger partial charge in [0.05, 0.1) is 0 Å². The fraction of sp³-hybridized carbons (Fsp3) is 0.0323. The Hall–Kier alpha value is -3.90. The van der Waals surface area contributed by atoms with E-state index >= 15 is 0 Å². The van der Waals surface area contributed by atoms with Crippen LogP contribution in [0.5, 0.6) is 0 Å². The predicted molar refractivity (Wildman–Crippen MR) is 132 cm³/mol. The van der Waals surface area contributed by atoms with Crippen LogP contribution in [0.15, 0.2) is 121 Å². The molecule has 0 aliphatic heterocycles. The first kappa shape index (κ1) is 19.1. The quantitative estimate of drug-likeness (QED) is 0.286. The van der Waals surface area contributed by atoms with Gasteiger partial charge in [0.15, 0.2) is 0 Å². The van der Waals surface area contributed by atoms with Gasteiger partial charge in [-0.05, 0) is 63.1 Å². The molecule has 0 unspecified atom stereocenters. The summed E-state index contributed by atoms with van der Waals surface area (Å²) in [6.07, 6.45) is 0. The minimum absolute atomic E-state index is 1.14. The lowest BCUT2D eigenvalue weighted by Gasteiger charge is -2.22. The highest BCUT2D eigenvalue weighted by atomic mass is 14.2. The van der Waals surface area contributed by atoms with E-state index in [9.17, 15) is 0 Å². The van der Waals surface area contributed by atoms with Crippen molar-refractivity contribution in [1.29, 1.82) is 0 Å². The van der Waals surface area contributed by atoms with Gasteiger partial charge in [0.1, 0.15) is 0 Å². The van der Waals surface area contributed by atoms with Gasteiger partial charge in [-0.2, -0.15) is 0 Å². The molecule has 1 radical (unpaired) electrons. The summed E-state index contributed by atoms with van der Waals surface area (Å²) < 4.78 is 0. The van der Waals surface area contributed by atoms with Crippen LogP contribution in [0, 0.1) is 13.0 Å². The van der Waals surface area contributed by atoms with Crippen molar-refractivity contribution in [3.63, 3.8) is 0 Å². The van der Waals surface area contributed by atoms with Crippen LogP contribution in [0.4, 0.5) is 0 Å². The fourth-order valence-corrected chi connectivity index (χ4v) is 4.32. The SMILES string of the molecule is Cc1[c]c(-c2ccccc2)c(-c2ccccc2)c(-c2ccccc2)c1-c1ccccc1. The molecule has 0 nitrogen and oxygen atoms in total. The standard InChI is InChI=1S/C31H23/c1-23-22-28(24-14-6-2-7-15-24)30(26-18-10-4-11-19-26)31(27-20-12-5-13-21-27)29(23)25-16-8-3-9-17-25/h2-21H,1H3. The molecular formula is C31H23. The Morgan fingerprint density at radius 2 is 0.742 bits per heavy atom. The first-order valence-corrected chi connectivity index (χ1v) is 10.6. The predicted octanol–water partition coefficient (Wildman–Crippen LogP) is 8.46. The highest BCUT2D eigenvalue weighted by Gasteiger charge is 2.21. The van der Waals surface area contributed by atoms with Crippen molar-refractivity contribution >= 4 is 0 Å². The minimum Gasteiger partial charge on any atom is -0.0622 e. The smallest absolute Gasteiger partial charge is 0.00141 e. The second-order valence-corrected chi connectivity index (χ2v) is 7.71. The van der Waals surface area contributed by atoms with E-state index in [4.69, 9.17) is 0 Å². The first-order chi connectivity index (χ1) is 15.3. The van der Waals surface area contributed by atoms with Crippen molar-refractivity contribution in [2.24, 2.45) is 0 Å². The Balaban J connectivity index is 1.95. The molecule has 0 aromatic heterocycles. The van der Waals surface area contributed by atoms with E-state index in [1.54, 1.807) is 0 Å². The number of rotatable bonds is 4. The molecule has 0 aliphatic rings. The third-order valence-corrected chi connectivity index (χ3v) is 5.69. The molecule has 0 spiro atoms. The number of benzene rings is 5. The second-order valence-electron chi connectivity index (χ2n) is 7.71. The van der Waals surface area contributed by atoms with Crippen LogP contribution in [0.25, 0.3) is 44.5 Å². The van der Waals surface area contributed by atoms with Crippen molar-refractivity contribution in [3.8, 4) is 44.5 Å². The topological polar surface area (TPSA) is 0 Å². The summed E-state index contributed by atoms with van der Waals surface area (Å²) in [6.45, 7) is 2.18. The summed E-state index contributed by atoms with van der Waals surface area (Å²) >= 11 is 0. The van der Waals surface area contributed by atoms with Gasteiger partial charge in [-0.25, -0.2) is 0 Å². The maximum absolute atomic E-state index is 3.77. The average Bonchev–Trinajstić information content (AvgIpc) is 2.85. The Bertz CT molecular complexity index is 1290. The fourth-order valence-electron chi connectivity index (χ4n) is 4.32. The second kappa shape index (κ2) is 8.45. The van der Waals surface area contributed by atoms with E-state index in [1.165, 1.54) is 38.9 Å². The largest absolute Gasteiger partial charge is 0.0622 e. The third kappa shape index (κ3) is 3.69. The molecule has 0 atom stereocenters. The van der Waals surface area contributed by atoms with Crippen molar-refractivity contribution < 1.29 is 0 Å². The molecule has 0 saturated heterocycles. The normalized spacial score (nSPS) is 10.7. The zero-order valence-corrected chi connectivity index (χ0v) is 17.5. The molecule has 0 amide bonds. The van der Waals surface area contributed by atoms with Gasteiger partial charge in [-0.1, -0.05) is 121 Å². The number of hydrogen-bond donors (Lipinski definition) is 0. The molecular weight excluding hydrogens is 372 g/mol. The highest BCUT2D eigenvalue weighted by Crippen LogP contribution is 2.46. The molecule has 0 saturated carbocycles. The van der Waals surface area contributed by atoms with Gasteiger partial charge < -0.3 is 0 Å². The minimum atomic E-state index is 1.14. The van der Waals surface area contributed by atoms with Crippen LogP contribution in [0.1, 0.15) is 5.56 Å². The summed E-state index contributed by atoms with van der Waals surface area (Å²) in [5.41, 5.74) is 10.8. The Labute approximate surface area is 184 Å². The monoisotopic (exact) mass is 395 g/mol. The zero-order valence-electron chi connectivity index (χ0n) is 17.5. The van der Waals surface area contributed by atoms with Crippen molar-refractivity contribution in [2.45, 2.75) is 6.92 Å². The number of hydrogen-bond acceptors (Lipinski definition) is 0. The van der Waals surface area contributed by atoms with Gasteiger partial charge >= 0.3 is 0 Å². The molecule has 0 bridgehead atoms. The van der Waals surface area contributed by atoms with Gasteiger partial charge in [0.25, 0.3) is 0 Å². The van der Waals surface area contributed by atoms with Crippen LogP contribution >= 0.6 is 0 Å². The van der Waals surface area contributed by atoms with Gasteiger partial charge in [-0.3, -0.25) is 0 Å². The van der Waals surface area contributed by atoms with E-state index in [0.717, 1.165) is 11.1 Å². The van der Waals surface area contributed by atoms with E-state index in [1.807, 2.05) is 0 Å². The van der Waals surface area contributed by atoms with Gasteiger partial charge in [-0.15, -0.1) is 0 Å². The maximum Gasteiger partial charge on any atom is -0.00141 e. The summed E-state index contributed by atoms with van der Waals surface area (Å²) in [4.78, 5) is 0. The number of aryl methyl sites for hydroxylation is 1. The Morgan fingerprint density at radius 1 is 0.387 bits per heavy atom. The molecule has 31 heavy (non-hydrogen) atoms. The highest BCUT2D eigenvalue weighted by molar-refractivity contribution is 6.02. The van der Waals surface area contributed by atoms with E-state index in [-0.39, 0.29) is 0 Å². The molecule has 0 N–H and O–H groups in total. The summed E-state index contributed by atoms with van der Waals surface area (Å²) in [7, 11) is 0. The van der Waals surface area contributed by atoms with Crippen molar-refractivity contribution in [3.05, 3.63) is 133 Å². The van der Waals surface area contributed by atoms with Gasteiger partial charge in [0, 0.05) is 0 Å². The molecule has 5 aromatic carbocycles. The van der Waals surface area contributed by atoms with Crippen LogP contribution in [0.3, 0.4) is 0 Å². The maximum atomic E-state index is 3.77. The first-order valence-electron chi connectivity index (χ1n) is 10.6. The van der Waals surface area contributed by atoms with E-state index < -0.39 is 0 Å². The third-order valence-electron chi connectivity index (χ3n) is 5.69. The molecule has 5 aromatic rings. The summed E-state index contributed by atoms with van der Waals surface area (Å²) in [5, 5.41) is 0. The molecule has 0 aliphatic carbocycles. The van der Waals surface area contributed by atoms with Crippen LogP contribution in [-0.2, 0) is 0 Å². The Kier molecular flexibility index (Phi) is 5.21. The lowest BCUT2D eigenvalue weighted by Crippen LogP contribution is -1.97. The molecule has 0 fully saturated rings. The summed E-state index contributed by atoms with van der Waals surface area (Å²) in [6, 6.07) is 46.5. The van der Waals surface area contributed by atoms with E-state index in [2.05, 4.69) is 134 Å². The average molecular weight is 396 g/mol. The lowest BCUT2D eigenvalue weighted by atomic mass is 9.80. The van der Waals surface area contributed by atoms with Crippen LogP contribution in [0.2, 0.25) is 0 Å². The van der Waals surface area contributed by atoms with Crippen LogP contribution < -0.4 is 0 Å². The molecule has 0 heterocycles. The lowest BCUT2D eigenvalue weighted by molar-refractivity contribution is 1.43. The van der Waals surface area contributed by atoms with Crippen LogP contribution in [-0.4, -0.2) is 0 Å². The van der Waals surface area contributed by atoms with E-state index in [0.29, 0.717) is 0 Å². The molecule has 0 heteroatoms. The molecule has 5 rings (SSSR count). The molecule has 147 valence electrons. The van der Waals surface area contributed by atoms with Crippen molar-refractivity contribution in [2.75, 3.05) is 0 Å². The Morgan fingerprint density at radius 3 is 1.19 bits per heavy atom. The van der Waals surface area contributed by atoms with Crippen molar-refractivity contribution in [1.82, 2.24) is 0 Å². The summed E-state index contributed by atoms with van der Waals surface area (Å²) in [5.74, 6) is 0. The van der Waals surface area contributed by atoms with Gasteiger partial charge in [0.2, 0.25) is 0 Å².